The lowest BCUT2D eigenvalue weighted by atomic mass is 10.1. The van der Waals surface area contributed by atoms with Crippen LogP contribution in [-0.2, 0) is 24.8 Å². The van der Waals surface area contributed by atoms with Crippen LogP contribution >= 0.6 is 0 Å². The number of nitrogens with zero attached hydrogens (tertiary/aromatic N) is 2. The standard InChI is InChI=1S/C9H17N3O5S2/c10-19(16,17)12-4-2-11(3-5-12)9(13)8-1-6-18(14,15)7-8/h8H,1-7H2,(H2,10,16,17). The highest BCUT2D eigenvalue weighted by atomic mass is 32.2. The molecular formula is C9H17N3O5S2. The van der Waals surface area contributed by atoms with Gasteiger partial charge in [0.1, 0.15) is 0 Å². The Balaban J connectivity index is 1.94. The maximum atomic E-state index is 12.1. The number of rotatable bonds is 2. The zero-order valence-corrected chi connectivity index (χ0v) is 12.0. The van der Waals surface area contributed by atoms with Gasteiger partial charge in [0.25, 0.3) is 10.2 Å². The summed E-state index contributed by atoms with van der Waals surface area (Å²) in [6.45, 7) is 0.825. The fraction of sp³-hybridized carbons (Fsp3) is 0.889. The highest BCUT2D eigenvalue weighted by Crippen LogP contribution is 2.21. The van der Waals surface area contributed by atoms with Crippen molar-refractivity contribution in [1.29, 1.82) is 0 Å². The molecule has 1 unspecified atom stereocenters. The zero-order valence-electron chi connectivity index (χ0n) is 10.4. The van der Waals surface area contributed by atoms with E-state index in [0.717, 1.165) is 4.31 Å². The van der Waals surface area contributed by atoms with Gasteiger partial charge in [-0.1, -0.05) is 0 Å². The molecule has 0 bridgehead atoms. The van der Waals surface area contributed by atoms with Crippen molar-refractivity contribution < 1.29 is 21.6 Å². The van der Waals surface area contributed by atoms with Crippen LogP contribution in [0.25, 0.3) is 0 Å². The maximum absolute atomic E-state index is 12.1. The van der Waals surface area contributed by atoms with E-state index in [1.165, 1.54) is 4.90 Å². The first-order valence-electron chi connectivity index (χ1n) is 5.96. The molecule has 2 fully saturated rings. The Bertz CT molecular complexity index is 563. The minimum absolute atomic E-state index is 0.0561. The number of hydrogen-bond donors (Lipinski definition) is 1. The van der Waals surface area contributed by atoms with Gasteiger partial charge < -0.3 is 4.90 Å². The number of carbonyl (C=O) groups excluding carboxylic acids is 1. The summed E-state index contributed by atoms with van der Waals surface area (Å²) >= 11 is 0. The Morgan fingerprint density at radius 2 is 1.74 bits per heavy atom. The third-order valence-electron chi connectivity index (χ3n) is 3.49. The van der Waals surface area contributed by atoms with Crippen molar-refractivity contribution in [3.05, 3.63) is 0 Å². The van der Waals surface area contributed by atoms with E-state index in [4.69, 9.17) is 5.14 Å². The van der Waals surface area contributed by atoms with Crippen LogP contribution in [0.1, 0.15) is 6.42 Å². The Morgan fingerprint density at radius 1 is 1.16 bits per heavy atom. The van der Waals surface area contributed by atoms with Gasteiger partial charge in [0.05, 0.1) is 17.4 Å². The van der Waals surface area contributed by atoms with Crippen molar-refractivity contribution in [3.8, 4) is 0 Å². The molecule has 2 saturated heterocycles. The summed E-state index contributed by atoms with van der Waals surface area (Å²) in [5, 5.41) is 5.00. The largest absolute Gasteiger partial charge is 0.340 e. The van der Waals surface area contributed by atoms with E-state index in [9.17, 15) is 21.6 Å². The van der Waals surface area contributed by atoms with Gasteiger partial charge in [-0.2, -0.15) is 12.7 Å². The molecule has 0 aromatic rings. The maximum Gasteiger partial charge on any atom is 0.277 e. The van der Waals surface area contributed by atoms with Gasteiger partial charge in [-0.25, -0.2) is 13.6 Å². The van der Waals surface area contributed by atoms with E-state index < -0.39 is 26.0 Å². The molecule has 0 saturated carbocycles. The van der Waals surface area contributed by atoms with E-state index in [2.05, 4.69) is 0 Å². The summed E-state index contributed by atoms with van der Waals surface area (Å²) < 4.78 is 46.0. The Morgan fingerprint density at radius 3 is 2.16 bits per heavy atom. The molecule has 2 aliphatic rings. The summed E-state index contributed by atoms with van der Waals surface area (Å²) in [6.07, 6.45) is 0.358. The van der Waals surface area contributed by atoms with Gasteiger partial charge in [-0.05, 0) is 6.42 Å². The second-order valence-corrected chi connectivity index (χ2v) is 8.64. The summed E-state index contributed by atoms with van der Waals surface area (Å²) in [7, 11) is -6.80. The monoisotopic (exact) mass is 311 g/mol. The van der Waals surface area contributed by atoms with Gasteiger partial charge in [0.15, 0.2) is 9.84 Å². The Hall–Kier alpha value is -0.710. The molecule has 2 heterocycles. The van der Waals surface area contributed by atoms with Gasteiger partial charge >= 0.3 is 0 Å². The van der Waals surface area contributed by atoms with Crippen LogP contribution in [0.4, 0.5) is 0 Å². The molecular weight excluding hydrogens is 294 g/mol. The summed E-state index contributed by atoms with van der Waals surface area (Å²) in [6, 6.07) is 0. The van der Waals surface area contributed by atoms with Crippen molar-refractivity contribution >= 4 is 26.0 Å². The van der Waals surface area contributed by atoms with Gasteiger partial charge in [-0.15, -0.1) is 0 Å². The second kappa shape index (κ2) is 5.00. The minimum Gasteiger partial charge on any atom is -0.340 e. The number of piperazine rings is 1. The number of amides is 1. The molecule has 0 aromatic heterocycles. The highest BCUT2D eigenvalue weighted by molar-refractivity contribution is 7.91. The van der Waals surface area contributed by atoms with E-state index >= 15 is 0 Å². The molecule has 1 amide bonds. The second-order valence-electron chi connectivity index (χ2n) is 4.87. The predicted octanol–water partition coefficient (Wildman–Crippen LogP) is -2.23. The average Bonchev–Trinajstić information content (AvgIpc) is 2.68. The molecule has 1 atom stereocenters. The first kappa shape index (κ1) is 14.7. The molecule has 0 radical (unpaired) electrons. The van der Waals surface area contributed by atoms with E-state index in [0.29, 0.717) is 6.42 Å². The van der Waals surface area contributed by atoms with Crippen molar-refractivity contribution in [2.45, 2.75) is 6.42 Å². The first-order valence-corrected chi connectivity index (χ1v) is 9.28. The molecule has 10 heteroatoms. The summed E-state index contributed by atoms with van der Waals surface area (Å²) in [5.41, 5.74) is 0. The lowest BCUT2D eigenvalue weighted by Crippen LogP contribution is -2.53. The van der Waals surface area contributed by atoms with Crippen molar-refractivity contribution in [3.63, 3.8) is 0 Å². The lowest BCUT2D eigenvalue weighted by molar-refractivity contribution is -0.135. The van der Waals surface area contributed by atoms with Crippen LogP contribution in [0.3, 0.4) is 0 Å². The van der Waals surface area contributed by atoms with Gasteiger partial charge in [0.2, 0.25) is 5.91 Å². The first-order chi connectivity index (χ1) is 8.69. The SMILES string of the molecule is NS(=O)(=O)N1CCN(C(=O)C2CCS(=O)(=O)C2)CC1. The highest BCUT2D eigenvalue weighted by Gasteiger charge is 2.36. The van der Waals surface area contributed by atoms with E-state index in [-0.39, 0.29) is 43.6 Å². The van der Waals surface area contributed by atoms with Crippen LogP contribution in [0.15, 0.2) is 0 Å². The molecule has 8 nitrogen and oxygen atoms in total. The predicted molar refractivity (Wildman–Crippen MR) is 68.0 cm³/mol. The van der Waals surface area contributed by atoms with E-state index in [1.54, 1.807) is 0 Å². The fourth-order valence-corrected chi connectivity index (χ4v) is 4.82. The topological polar surface area (TPSA) is 118 Å². The molecule has 0 spiro atoms. The van der Waals surface area contributed by atoms with E-state index in [1.807, 2.05) is 0 Å². The zero-order chi connectivity index (χ0) is 14.3. The Kier molecular flexibility index (Phi) is 3.87. The molecule has 2 rings (SSSR count). The van der Waals surface area contributed by atoms with Crippen LogP contribution in [0.5, 0.6) is 0 Å². The third-order valence-corrected chi connectivity index (χ3v) is 6.34. The van der Waals surface area contributed by atoms with Gasteiger partial charge in [-0.3, -0.25) is 4.79 Å². The van der Waals surface area contributed by atoms with Crippen molar-refractivity contribution in [2.75, 3.05) is 37.7 Å². The van der Waals surface area contributed by atoms with Crippen LogP contribution < -0.4 is 5.14 Å². The van der Waals surface area contributed by atoms with Crippen molar-refractivity contribution in [1.82, 2.24) is 9.21 Å². The summed E-state index contributed by atoms with van der Waals surface area (Å²) in [5.74, 6) is -0.719. The number of hydrogen-bond acceptors (Lipinski definition) is 5. The molecule has 0 aliphatic carbocycles. The van der Waals surface area contributed by atoms with Crippen LogP contribution in [0.2, 0.25) is 0 Å². The van der Waals surface area contributed by atoms with Gasteiger partial charge in [0, 0.05) is 26.2 Å². The molecule has 2 aliphatic heterocycles. The number of nitrogens with two attached hydrogens (primary N) is 1. The number of sulfone groups is 1. The smallest absolute Gasteiger partial charge is 0.277 e. The molecule has 19 heavy (non-hydrogen) atoms. The minimum atomic E-state index is -3.71. The summed E-state index contributed by atoms with van der Waals surface area (Å²) in [4.78, 5) is 13.6. The quantitative estimate of drug-likeness (QED) is 0.619. The van der Waals surface area contributed by atoms with Crippen LogP contribution in [0, 0.1) is 5.92 Å². The molecule has 0 aromatic carbocycles. The lowest BCUT2D eigenvalue weighted by Gasteiger charge is -2.34. The fourth-order valence-electron chi connectivity index (χ4n) is 2.41. The molecule has 110 valence electrons. The Labute approximate surface area is 112 Å². The normalized spacial score (nSPS) is 28.5. The van der Waals surface area contributed by atoms with Crippen LogP contribution in [-0.4, -0.2) is 69.6 Å². The van der Waals surface area contributed by atoms with Crippen molar-refractivity contribution in [2.24, 2.45) is 11.1 Å². The average molecular weight is 311 g/mol. The number of carbonyl (C=O) groups is 1. The third kappa shape index (κ3) is 3.44. The molecule has 2 N–H and O–H groups in total.